The van der Waals surface area contributed by atoms with Crippen LogP contribution in [0.3, 0.4) is 0 Å². The van der Waals surface area contributed by atoms with Gasteiger partial charge in [0.05, 0.1) is 10.5 Å². The molecule has 6 nitrogen and oxygen atoms in total. The molecule has 0 bridgehead atoms. The third kappa shape index (κ3) is 5.22. The fourth-order valence-corrected chi connectivity index (χ4v) is 3.08. The van der Waals surface area contributed by atoms with Gasteiger partial charge in [0.1, 0.15) is 0 Å². The Balaban J connectivity index is 1.91. The summed E-state index contributed by atoms with van der Waals surface area (Å²) in [5, 5.41) is 11.0. The first kappa shape index (κ1) is 21.9. The van der Waals surface area contributed by atoms with Crippen molar-refractivity contribution < 1.29 is 19.2 Å². The van der Waals surface area contributed by atoms with Crippen molar-refractivity contribution in [1.82, 2.24) is 0 Å². The summed E-state index contributed by atoms with van der Waals surface area (Å²) in [6.45, 7) is 6.22. The van der Waals surface area contributed by atoms with Crippen LogP contribution in [0.4, 0.5) is 5.69 Å². The van der Waals surface area contributed by atoms with Crippen molar-refractivity contribution in [2.45, 2.75) is 32.3 Å². The van der Waals surface area contributed by atoms with E-state index in [1.807, 2.05) is 12.1 Å². The van der Waals surface area contributed by atoms with E-state index in [9.17, 15) is 19.7 Å². The SMILES string of the molecule is CC(C)(C)c1ccc(C(=O)O[C@@H](C(=O)c2ccccc2)c2ccc([N+](=O)[O-])cc2)cc1. The fraction of sp³-hybridized carbons (Fsp3) is 0.200. The van der Waals surface area contributed by atoms with Gasteiger partial charge in [-0.1, -0.05) is 63.2 Å². The van der Waals surface area contributed by atoms with Gasteiger partial charge in [0.25, 0.3) is 5.69 Å². The van der Waals surface area contributed by atoms with Gasteiger partial charge in [-0.25, -0.2) is 4.79 Å². The predicted molar refractivity (Wildman–Crippen MR) is 117 cm³/mol. The number of hydrogen-bond donors (Lipinski definition) is 0. The van der Waals surface area contributed by atoms with Gasteiger partial charge < -0.3 is 4.74 Å². The Kier molecular flexibility index (Phi) is 6.30. The first-order valence-corrected chi connectivity index (χ1v) is 9.82. The van der Waals surface area contributed by atoms with Crippen LogP contribution >= 0.6 is 0 Å². The number of ketones is 1. The number of Topliss-reactive ketones (excluding diaryl/α,β-unsaturated/α-hetero) is 1. The molecule has 0 aliphatic carbocycles. The number of esters is 1. The third-order valence-corrected chi connectivity index (χ3v) is 4.91. The van der Waals surface area contributed by atoms with Gasteiger partial charge in [-0.15, -0.1) is 0 Å². The van der Waals surface area contributed by atoms with E-state index in [-0.39, 0.29) is 11.1 Å². The normalized spacial score (nSPS) is 12.1. The van der Waals surface area contributed by atoms with E-state index >= 15 is 0 Å². The largest absolute Gasteiger partial charge is 0.445 e. The van der Waals surface area contributed by atoms with Crippen LogP contribution in [0.5, 0.6) is 0 Å². The molecule has 0 spiro atoms. The lowest BCUT2D eigenvalue weighted by Crippen LogP contribution is -2.20. The van der Waals surface area contributed by atoms with E-state index in [2.05, 4.69) is 20.8 Å². The molecule has 0 aliphatic rings. The Morgan fingerprint density at radius 1 is 0.839 bits per heavy atom. The minimum atomic E-state index is -1.22. The molecular formula is C25H23NO5. The van der Waals surface area contributed by atoms with Gasteiger partial charge in [0.15, 0.2) is 6.10 Å². The highest BCUT2D eigenvalue weighted by Crippen LogP contribution is 2.27. The van der Waals surface area contributed by atoms with E-state index in [1.165, 1.54) is 24.3 Å². The molecule has 158 valence electrons. The number of non-ortho nitro benzene ring substituents is 1. The van der Waals surface area contributed by atoms with E-state index in [0.29, 0.717) is 16.7 Å². The molecule has 0 saturated heterocycles. The molecule has 0 unspecified atom stereocenters. The van der Waals surface area contributed by atoms with Gasteiger partial charge >= 0.3 is 5.97 Å². The summed E-state index contributed by atoms with van der Waals surface area (Å²) in [5.41, 5.74) is 1.95. The summed E-state index contributed by atoms with van der Waals surface area (Å²) in [6.07, 6.45) is -1.22. The lowest BCUT2D eigenvalue weighted by Gasteiger charge is -2.20. The predicted octanol–water partition coefficient (Wildman–Crippen LogP) is 5.67. The summed E-state index contributed by atoms with van der Waals surface area (Å²) >= 11 is 0. The second-order valence-corrected chi connectivity index (χ2v) is 8.19. The average molecular weight is 417 g/mol. The zero-order valence-corrected chi connectivity index (χ0v) is 17.6. The number of nitrogens with zero attached hydrogens (tertiary/aromatic N) is 1. The molecule has 0 aromatic heterocycles. The number of carbonyl (C=O) groups excluding carboxylic acids is 2. The number of ether oxygens (including phenoxy) is 1. The topological polar surface area (TPSA) is 86.5 Å². The lowest BCUT2D eigenvalue weighted by atomic mass is 9.87. The molecule has 0 N–H and O–H groups in total. The van der Waals surface area contributed by atoms with Crippen LogP contribution in [-0.2, 0) is 10.2 Å². The molecule has 0 aliphatic heterocycles. The number of rotatable bonds is 6. The van der Waals surface area contributed by atoms with E-state index in [1.54, 1.807) is 42.5 Å². The van der Waals surface area contributed by atoms with Crippen molar-refractivity contribution in [3.8, 4) is 0 Å². The minimum absolute atomic E-state index is 0.0625. The summed E-state index contributed by atoms with van der Waals surface area (Å²) in [6, 6.07) is 21.0. The molecule has 0 saturated carbocycles. The van der Waals surface area contributed by atoms with Gasteiger partial charge in [-0.3, -0.25) is 14.9 Å². The van der Waals surface area contributed by atoms with E-state index in [0.717, 1.165) is 5.56 Å². The smallest absolute Gasteiger partial charge is 0.339 e. The van der Waals surface area contributed by atoms with Crippen LogP contribution in [0.25, 0.3) is 0 Å². The molecule has 1 atom stereocenters. The number of hydrogen-bond acceptors (Lipinski definition) is 5. The molecule has 0 heterocycles. The lowest BCUT2D eigenvalue weighted by molar-refractivity contribution is -0.384. The highest BCUT2D eigenvalue weighted by atomic mass is 16.6. The van der Waals surface area contributed by atoms with Gasteiger partial charge in [-0.2, -0.15) is 0 Å². The molecule has 0 fully saturated rings. The number of carbonyl (C=O) groups is 2. The molecule has 3 aromatic rings. The van der Waals surface area contributed by atoms with E-state index < -0.39 is 22.8 Å². The number of benzene rings is 3. The molecule has 3 aromatic carbocycles. The number of nitro groups is 1. The summed E-state index contributed by atoms with van der Waals surface area (Å²) in [7, 11) is 0. The minimum Gasteiger partial charge on any atom is -0.445 e. The average Bonchev–Trinajstić information content (AvgIpc) is 2.77. The standard InChI is InChI=1S/C25H23NO5/c1-25(2,3)20-13-9-19(10-14-20)24(28)31-23(22(27)17-7-5-4-6-8-17)18-11-15-21(16-12-18)26(29)30/h4-16,23H,1-3H3/t23-/m1/s1. The van der Waals surface area contributed by atoms with Crippen LogP contribution < -0.4 is 0 Å². The zero-order chi connectivity index (χ0) is 22.6. The summed E-state index contributed by atoms with van der Waals surface area (Å²) in [5.74, 6) is -1.05. The van der Waals surface area contributed by atoms with Gasteiger partial charge in [0, 0.05) is 23.3 Å². The second kappa shape index (κ2) is 8.92. The Morgan fingerprint density at radius 3 is 1.94 bits per heavy atom. The molecule has 3 rings (SSSR count). The molecule has 6 heteroatoms. The molecule has 0 amide bonds. The van der Waals surface area contributed by atoms with Crippen molar-refractivity contribution in [3.63, 3.8) is 0 Å². The Labute approximate surface area is 180 Å². The zero-order valence-electron chi connectivity index (χ0n) is 17.6. The van der Waals surface area contributed by atoms with Crippen LogP contribution in [0.1, 0.15) is 58.7 Å². The molecule has 0 radical (unpaired) electrons. The van der Waals surface area contributed by atoms with Crippen molar-refractivity contribution in [1.29, 1.82) is 0 Å². The van der Waals surface area contributed by atoms with Crippen molar-refractivity contribution in [2.24, 2.45) is 0 Å². The van der Waals surface area contributed by atoms with Crippen LogP contribution in [0.2, 0.25) is 0 Å². The van der Waals surface area contributed by atoms with Crippen LogP contribution in [-0.4, -0.2) is 16.7 Å². The quantitative estimate of drug-likeness (QED) is 0.223. The maximum atomic E-state index is 13.1. The maximum absolute atomic E-state index is 13.1. The van der Waals surface area contributed by atoms with Crippen molar-refractivity contribution in [2.75, 3.05) is 0 Å². The van der Waals surface area contributed by atoms with Gasteiger partial charge in [0.2, 0.25) is 5.78 Å². The van der Waals surface area contributed by atoms with Crippen LogP contribution in [0, 0.1) is 10.1 Å². The number of nitro benzene ring substituents is 1. The maximum Gasteiger partial charge on any atom is 0.339 e. The van der Waals surface area contributed by atoms with Gasteiger partial charge in [-0.05, 0) is 35.2 Å². The first-order chi connectivity index (χ1) is 14.7. The van der Waals surface area contributed by atoms with Crippen molar-refractivity contribution >= 4 is 17.4 Å². The summed E-state index contributed by atoms with van der Waals surface area (Å²) in [4.78, 5) is 36.3. The Morgan fingerprint density at radius 2 is 1.42 bits per heavy atom. The monoisotopic (exact) mass is 417 g/mol. The third-order valence-electron chi connectivity index (χ3n) is 4.91. The van der Waals surface area contributed by atoms with Crippen LogP contribution in [0.15, 0.2) is 78.9 Å². The van der Waals surface area contributed by atoms with E-state index in [4.69, 9.17) is 4.74 Å². The highest BCUT2D eigenvalue weighted by Gasteiger charge is 2.27. The molecule has 31 heavy (non-hydrogen) atoms. The Bertz CT molecular complexity index is 1080. The molecular weight excluding hydrogens is 394 g/mol. The fourth-order valence-electron chi connectivity index (χ4n) is 3.08. The second-order valence-electron chi connectivity index (χ2n) is 8.19. The summed E-state index contributed by atoms with van der Waals surface area (Å²) < 4.78 is 5.61. The first-order valence-electron chi connectivity index (χ1n) is 9.82. The van der Waals surface area contributed by atoms with Crippen molar-refractivity contribution in [3.05, 3.63) is 111 Å². The highest BCUT2D eigenvalue weighted by molar-refractivity contribution is 6.02. The Hall–Kier alpha value is -3.80.